The van der Waals surface area contributed by atoms with Crippen molar-refractivity contribution in [2.24, 2.45) is 0 Å². The first-order valence-corrected chi connectivity index (χ1v) is 15.5. The number of aromatic nitrogens is 1. The number of amides is 2. The number of ether oxygens (including phenoxy) is 3. The van der Waals surface area contributed by atoms with Gasteiger partial charge in [0.25, 0.3) is 5.91 Å². The third kappa shape index (κ3) is 8.84. The zero-order valence-electron chi connectivity index (χ0n) is 27.3. The fourth-order valence-corrected chi connectivity index (χ4v) is 5.19. The molecule has 2 heterocycles. The summed E-state index contributed by atoms with van der Waals surface area (Å²) in [5.41, 5.74) is 1.47. The lowest BCUT2D eigenvalue weighted by Gasteiger charge is -2.25. The quantitative estimate of drug-likeness (QED) is 0.230. The van der Waals surface area contributed by atoms with Crippen LogP contribution in [-0.2, 0) is 16.1 Å². The molecule has 3 aromatic rings. The fourth-order valence-electron chi connectivity index (χ4n) is 5.19. The molecule has 10 heteroatoms. The summed E-state index contributed by atoms with van der Waals surface area (Å²) >= 11 is 0. The van der Waals surface area contributed by atoms with Crippen LogP contribution in [0.15, 0.2) is 48.7 Å². The summed E-state index contributed by atoms with van der Waals surface area (Å²) in [5.74, 6) is -2.09. The van der Waals surface area contributed by atoms with Crippen molar-refractivity contribution in [1.29, 1.82) is 0 Å². The van der Waals surface area contributed by atoms with Crippen LogP contribution in [0.4, 0.5) is 13.6 Å². The molecule has 244 valence electrons. The van der Waals surface area contributed by atoms with Gasteiger partial charge in [0.15, 0.2) is 17.4 Å². The van der Waals surface area contributed by atoms with Crippen LogP contribution in [0, 0.1) is 11.6 Å². The Hall–Kier alpha value is -3.92. The van der Waals surface area contributed by atoms with E-state index in [0.717, 1.165) is 25.0 Å². The second-order valence-corrected chi connectivity index (χ2v) is 13.4. The smallest absolute Gasteiger partial charge is 0.410 e. The van der Waals surface area contributed by atoms with Crippen molar-refractivity contribution in [3.8, 4) is 22.6 Å². The average molecular weight is 626 g/mol. The van der Waals surface area contributed by atoms with Crippen LogP contribution in [0.5, 0.6) is 11.5 Å². The topological polar surface area (TPSA) is 82.0 Å². The van der Waals surface area contributed by atoms with Crippen LogP contribution in [0.1, 0.15) is 89.8 Å². The Labute approximate surface area is 264 Å². The van der Waals surface area contributed by atoms with E-state index in [1.807, 2.05) is 47.7 Å². The number of benzene rings is 2. The molecule has 0 radical (unpaired) electrons. The average Bonchev–Trinajstić information content (AvgIpc) is 3.57. The minimum atomic E-state index is -0.804. The summed E-state index contributed by atoms with van der Waals surface area (Å²) in [6, 6.07) is 10.2. The first-order chi connectivity index (χ1) is 21.2. The fraction of sp³-hybridized carbons (Fsp3) is 0.486. The molecule has 1 N–H and O–H groups in total. The van der Waals surface area contributed by atoms with E-state index in [-0.39, 0.29) is 30.4 Å². The second kappa shape index (κ2) is 14.0. The van der Waals surface area contributed by atoms with Crippen molar-refractivity contribution in [3.63, 3.8) is 0 Å². The normalized spacial score (nSPS) is 15.3. The van der Waals surface area contributed by atoms with E-state index >= 15 is 0 Å². The number of nitrogens with one attached hydrogen (secondary N) is 1. The van der Waals surface area contributed by atoms with Gasteiger partial charge in [0.2, 0.25) is 0 Å². The lowest BCUT2D eigenvalue weighted by atomic mass is 10.0. The summed E-state index contributed by atoms with van der Waals surface area (Å²) in [4.78, 5) is 28.5. The number of unbranched alkanes of at least 4 members (excludes halogenated alkanes) is 1. The standard InChI is InChI=1S/C35H45F2N3O5/c1-8-9-19-43-22-29-30(32(41)38-34(2,3)4)26(21-40(29)24-17-18-39(20-24)33(42)45-35(5,6)7)23-13-15-25(16-14-23)44-31-27(36)11-10-12-28(31)37/h10-16,21,24H,8-9,17-20,22H2,1-7H3,(H,38,41)/t24-/m1/s1. The molecule has 1 atom stereocenters. The van der Waals surface area contributed by atoms with Gasteiger partial charge in [-0.15, -0.1) is 0 Å². The Morgan fingerprint density at radius 2 is 1.67 bits per heavy atom. The maximum absolute atomic E-state index is 14.2. The minimum Gasteiger partial charge on any atom is -0.451 e. The summed E-state index contributed by atoms with van der Waals surface area (Å²) in [6.45, 7) is 15.1. The zero-order chi connectivity index (χ0) is 32.9. The highest BCUT2D eigenvalue weighted by Crippen LogP contribution is 2.36. The molecule has 1 aliphatic rings. The lowest BCUT2D eigenvalue weighted by Crippen LogP contribution is -2.41. The van der Waals surface area contributed by atoms with Gasteiger partial charge in [0, 0.05) is 37.0 Å². The first-order valence-electron chi connectivity index (χ1n) is 15.5. The Balaban J connectivity index is 1.74. The van der Waals surface area contributed by atoms with Crippen molar-refractivity contribution in [1.82, 2.24) is 14.8 Å². The SMILES string of the molecule is CCCCOCc1c(C(=O)NC(C)(C)C)c(-c2ccc(Oc3c(F)cccc3F)cc2)cn1[C@@H]1CCN(C(=O)OC(C)(C)C)C1. The number of nitrogens with zero attached hydrogens (tertiary/aromatic N) is 2. The Morgan fingerprint density at radius 3 is 2.27 bits per heavy atom. The Morgan fingerprint density at radius 1 is 1.00 bits per heavy atom. The molecular weight excluding hydrogens is 580 g/mol. The van der Waals surface area contributed by atoms with Crippen molar-refractivity contribution in [3.05, 3.63) is 71.6 Å². The molecule has 0 spiro atoms. The lowest BCUT2D eigenvalue weighted by molar-refractivity contribution is 0.0288. The zero-order valence-corrected chi connectivity index (χ0v) is 27.3. The van der Waals surface area contributed by atoms with Crippen LogP contribution < -0.4 is 10.1 Å². The van der Waals surface area contributed by atoms with Crippen molar-refractivity contribution in [2.75, 3.05) is 19.7 Å². The Bertz CT molecular complexity index is 1470. The molecule has 0 saturated carbocycles. The molecule has 4 rings (SSSR count). The van der Waals surface area contributed by atoms with Gasteiger partial charge >= 0.3 is 6.09 Å². The van der Waals surface area contributed by atoms with E-state index < -0.39 is 28.5 Å². The molecule has 0 bridgehead atoms. The monoisotopic (exact) mass is 625 g/mol. The minimum absolute atomic E-state index is 0.108. The number of para-hydroxylation sites is 1. The van der Waals surface area contributed by atoms with E-state index in [1.54, 1.807) is 29.2 Å². The summed E-state index contributed by atoms with van der Waals surface area (Å²) in [7, 11) is 0. The largest absolute Gasteiger partial charge is 0.451 e. The van der Waals surface area contributed by atoms with Gasteiger partial charge in [-0.25, -0.2) is 13.6 Å². The van der Waals surface area contributed by atoms with Gasteiger partial charge in [0.1, 0.15) is 11.4 Å². The molecule has 2 amide bonds. The number of hydrogen-bond donors (Lipinski definition) is 1. The molecule has 45 heavy (non-hydrogen) atoms. The maximum Gasteiger partial charge on any atom is 0.410 e. The number of carbonyl (C=O) groups is 2. The van der Waals surface area contributed by atoms with Gasteiger partial charge in [-0.05, 0) is 84.2 Å². The highest BCUT2D eigenvalue weighted by atomic mass is 19.1. The summed E-state index contributed by atoms with van der Waals surface area (Å²) < 4.78 is 47.7. The van der Waals surface area contributed by atoms with Crippen molar-refractivity contribution in [2.45, 2.75) is 91.5 Å². The number of hydrogen-bond acceptors (Lipinski definition) is 5. The van der Waals surface area contributed by atoms with Crippen LogP contribution in [0.3, 0.4) is 0 Å². The van der Waals surface area contributed by atoms with E-state index in [9.17, 15) is 18.4 Å². The van der Waals surface area contributed by atoms with E-state index in [0.29, 0.717) is 48.5 Å². The number of rotatable bonds is 10. The number of likely N-dealkylation sites (tertiary alicyclic amines) is 1. The van der Waals surface area contributed by atoms with Gasteiger partial charge in [-0.3, -0.25) is 4.79 Å². The molecular formula is C35H45F2N3O5. The predicted molar refractivity (Wildman–Crippen MR) is 170 cm³/mol. The highest BCUT2D eigenvalue weighted by molar-refractivity contribution is 6.02. The summed E-state index contributed by atoms with van der Waals surface area (Å²) in [5, 5.41) is 3.10. The van der Waals surface area contributed by atoms with Crippen LogP contribution in [-0.4, -0.2) is 52.3 Å². The maximum atomic E-state index is 14.2. The highest BCUT2D eigenvalue weighted by Gasteiger charge is 2.34. The third-order valence-electron chi connectivity index (χ3n) is 7.25. The predicted octanol–water partition coefficient (Wildman–Crippen LogP) is 8.25. The van der Waals surface area contributed by atoms with Gasteiger partial charge < -0.3 is 29.0 Å². The molecule has 8 nitrogen and oxygen atoms in total. The van der Waals surface area contributed by atoms with Gasteiger partial charge in [-0.1, -0.05) is 31.5 Å². The van der Waals surface area contributed by atoms with Crippen molar-refractivity contribution >= 4 is 12.0 Å². The third-order valence-corrected chi connectivity index (χ3v) is 7.25. The molecule has 1 aliphatic heterocycles. The number of carbonyl (C=O) groups excluding carboxylic acids is 2. The van der Waals surface area contributed by atoms with Crippen LogP contribution >= 0.6 is 0 Å². The molecule has 0 aliphatic carbocycles. The van der Waals surface area contributed by atoms with Gasteiger partial charge in [-0.2, -0.15) is 0 Å². The first kappa shape index (κ1) is 34.0. The summed E-state index contributed by atoms with van der Waals surface area (Å²) in [6.07, 6.45) is 4.10. The molecule has 1 saturated heterocycles. The Kier molecular flexibility index (Phi) is 10.6. The number of halogens is 2. The second-order valence-electron chi connectivity index (χ2n) is 13.4. The molecule has 0 unspecified atom stereocenters. The van der Waals surface area contributed by atoms with Gasteiger partial charge in [0.05, 0.1) is 23.9 Å². The van der Waals surface area contributed by atoms with E-state index in [2.05, 4.69) is 16.8 Å². The molecule has 2 aromatic carbocycles. The van der Waals surface area contributed by atoms with E-state index in [4.69, 9.17) is 14.2 Å². The molecule has 1 fully saturated rings. The molecule has 1 aromatic heterocycles. The van der Waals surface area contributed by atoms with E-state index in [1.165, 1.54) is 6.07 Å². The van der Waals surface area contributed by atoms with Crippen LogP contribution in [0.25, 0.3) is 11.1 Å². The van der Waals surface area contributed by atoms with Crippen LogP contribution in [0.2, 0.25) is 0 Å². The van der Waals surface area contributed by atoms with Crippen molar-refractivity contribution < 1.29 is 32.6 Å².